The fourth-order valence-electron chi connectivity index (χ4n) is 1.24. The maximum atomic E-state index is 5.35. The van der Waals surface area contributed by atoms with Gasteiger partial charge in [-0.3, -0.25) is 0 Å². The largest absolute Gasteiger partial charge is 0.382 e. The van der Waals surface area contributed by atoms with Crippen molar-refractivity contribution in [2.75, 3.05) is 34.0 Å². The monoisotopic (exact) mass is 229 g/mol. The minimum Gasteiger partial charge on any atom is -0.382 e. The molecule has 16 heavy (non-hydrogen) atoms. The number of hydrogen-bond donors (Lipinski definition) is 1. The molecular weight excluding hydrogens is 210 g/mol. The van der Waals surface area contributed by atoms with Gasteiger partial charge < -0.3 is 14.8 Å². The molecule has 0 aliphatic heterocycles. The van der Waals surface area contributed by atoms with E-state index in [9.17, 15) is 0 Å². The van der Waals surface area contributed by atoms with Gasteiger partial charge in [-0.05, 0) is 23.9 Å². The van der Waals surface area contributed by atoms with Crippen molar-refractivity contribution >= 4 is 0 Å². The molecule has 7 nitrogen and oxygen atoms in total. The van der Waals surface area contributed by atoms with E-state index in [0.717, 1.165) is 18.8 Å². The first-order valence-electron chi connectivity index (χ1n) is 5.34. The molecule has 0 unspecified atom stereocenters. The van der Waals surface area contributed by atoms with Gasteiger partial charge in [0.25, 0.3) is 0 Å². The third kappa shape index (κ3) is 4.65. The molecular formula is C9H19N5O2. The Morgan fingerprint density at radius 1 is 1.31 bits per heavy atom. The third-order valence-electron chi connectivity index (χ3n) is 2.03. The van der Waals surface area contributed by atoms with E-state index in [1.165, 1.54) is 0 Å². The molecule has 1 aromatic heterocycles. The van der Waals surface area contributed by atoms with Crippen LogP contribution >= 0.6 is 0 Å². The lowest BCUT2D eigenvalue weighted by atomic mass is 10.4. The van der Waals surface area contributed by atoms with Crippen molar-refractivity contribution in [3.8, 4) is 0 Å². The van der Waals surface area contributed by atoms with Crippen LogP contribution in [-0.4, -0.2) is 54.2 Å². The van der Waals surface area contributed by atoms with Crippen molar-refractivity contribution < 1.29 is 9.47 Å². The number of aromatic nitrogens is 4. The molecule has 0 atom stereocenters. The lowest BCUT2D eigenvalue weighted by Gasteiger charge is -2.05. The molecule has 0 amide bonds. The van der Waals surface area contributed by atoms with Gasteiger partial charge in [0.15, 0.2) is 5.82 Å². The van der Waals surface area contributed by atoms with Crippen LogP contribution in [0.2, 0.25) is 0 Å². The number of methoxy groups -OCH3 is 1. The van der Waals surface area contributed by atoms with Crippen LogP contribution in [0.4, 0.5) is 0 Å². The summed E-state index contributed by atoms with van der Waals surface area (Å²) in [5.41, 5.74) is 0. The molecule has 7 heteroatoms. The molecule has 0 saturated carbocycles. The van der Waals surface area contributed by atoms with Gasteiger partial charge in [0.1, 0.15) is 0 Å². The molecule has 1 aromatic rings. The number of aryl methyl sites for hydroxylation is 1. The molecule has 0 spiro atoms. The standard InChI is InChI=1S/C9H19N5O2/c1-10-8-9-11-12-13-14(9)4-3-5-16-7-6-15-2/h10H,3-8H2,1-2H3. The Kier molecular flexibility index (Phi) is 6.62. The molecule has 0 bridgehead atoms. The fraction of sp³-hybridized carbons (Fsp3) is 0.889. The molecule has 1 rings (SSSR count). The van der Waals surface area contributed by atoms with E-state index in [4.69, 9.17) is 9.47 Å². The topological polar surface area (TPSA) is 74.1 Å². The predicted molar refractivity (Wildman–Crippen MR) is 57.9 cm³/mol. The molecule has 0 saturated heterocycles. The summed E-state index contributed by atoms with van der Waals surface area (Å²) in [4.78, 5) is 0. The molecule has 0 aliphatic carbocycles. The van der Waals surface area contributed by atoms with Crippen molar-refractivity contribution in [2.24, 2.45) is 0 Å². The van der Waals surface area contributed by atoms with Gasteiger partial charge in [0, 0.05) is 20.3 Å². The van der Waals surface area contributed by atoms with E-state index in [-0.39, 0.29) is 0 Å². The number of ether oxygens (including phenoxy) is 2. The number of nitrogens with zero attached hydrogens (tertiary/aromatic N) is 4. The minimum absolute atomic E-state index is 0.634. The SMILES string of the molecule is CNCc1nnnn1CCCOCCOC. The molecule has 92 valence electrons. The second kappa shape index (κ2) is 8.14. The zero-order valence-corrected chi connectivity index (χ0v) is 9.85. The van der Waals surface area contributed by atoms with Gasteiger partial charge in [-0.1, -0.05) is 0 Å². The van der Waals surface area contributed by atoms with E-state index < -0.39 is 0 Å². The van der Waals surface area contributed by atoms with Gasteiger partial charge in [0.05, 0.1) is 19.8 Å². The van der Waals surface area contributed by atoms with Gasteiger partial charge in [0.2, 0.25) is 0 Å². The summed E-state index contributed by atoms with van der Waals surface area (Å²) < 4.78 is 12.0. The normalized spacial score (nSPS) is 10.9. The lowest BCUT2D eigenvalue weighted by Crippen LogP contribution is -2.14. The maximum absolute atomic E-state index is 5.35. The van der Waals surface area contributed by atoms with Crippen molar-refractivity contribution in [2.45, 2.75) is 19.5 Å². The van der Waals surface area contributed by atoms with Crippen LogP contribution in [0.25, 0.3) is 0 Å². The fourth-order valence-corrected chi connectivity index (χ4v) is 1.24. The summed E-state index contributed by atoms with van der Waals surface area (Å²) in [5, 5.41) is 14.5. The Morgan fingerprint density at radius 2 is 2.19 bits per heavy atom. The van der Waals surface area contributed by atoms with Crippen LogP contribution in [0.3, 0.4) is 0 Å². The van der Waals surface area contributed by atoms with Crippen molar-refractivity contribution in [1.82, 2.24) is 25.5 Å². The molecule has 1 N–H and O–H groups in total. The van der Waals surface area contributed by atoms with Crippen LogP contribution < -0.4 is 5.32 Å². The van der Waals surface area contributed by atoms with E-state index in [0.29, 0.717) is 26.4 Å². The first-order chi connectivity index (χ1) is 7.88. The van der Waals surface area contributed by atoms with Crippen LogP contribution in [-0.2, 0) is 22.6 Å². The summed E-state index contributed by atoms with van der Waals surface area (Å²) in [5.74, 6) is 0.847. The molecule has 1 heterocycles. The second-order valence-corrected chi connectivity index (χ2v) is 3.31. The quantitative estimate of drug-likeness (QED) is 0.572. The Balaban J connectivity index is 2.13. The molecule has 0 aliphatic rings. The van der Waals surface area contributed by atoms with Gasteiger partial charge in [-0.2, -0.15) is 0 Å². The van der Waals surface area contributed by atoms with E-state index in [2.05, 4.69) is 20.8 Å². The number of hydrogen-bond acceptors (Lipinski definition) is 6. The first-order valence-corrected chi connectivity index (χ1v) is 5.34. The maximum Gasteiger partial charge on any atom is 0.165 e. The summed E-state index contributed by atoms with van der Waals surface area (Å²) in [6.45, 7) is 3.42. The summed E-state index contributed by atoms with van der Waals surface area (Å²) >= 11 is 0. The zero-order valence-electron chi connectivity index (χ0n) is 9.85. The second-order valence-electron chi connectivity index (χ2n) is 3.31. The molecule has 0 fully saturated rings. The smallest absolute Gasteiger partial charge is 0.165 e. The lowest BCUT2D eigenvalue weighted by molar-refractivity contribution is 0.0675. The zero-order chi connectivity index (χ0) is 11.6. The Bertz CT molecular complexity index is 279. The average Bonchev–Trinajstić information content (AvgIpc) is 2.72. The predicted octanol–water partition coefficient (Wildman–Crippen LogP) is -0.554. The van der Waals surface area contributed by atoms with Crippen LogP contribution in [0, 0.1) is 0 Å². The van der Waals surface area contributed by atoms with E-state index in [1.54, 1.807) is 11.8 Å². The Labute approximate surface area is 95.1 Å². The highest BCUT2D eigenvalue weighted by atomic mass is 16.5. The average molecular weight is 229 g/mol. The highest BCUT2D eigenvalue weighted by Gasteiger charge is 2.03. The van der Waals surface area contributed by atoms with E-state index in [1.807, 2.05) is 7.05 Å². The summed E-state index contributed by atoms with van der Waals surface area (Å²) in [6.07, 6.45) is 0.894. The van der Waals surface area contributed by atoms with Crippen molar-refractivity contribution in [3.05, 3.63) is 5.82 Å². The Hall–Kier alpha value is -1.05. The highest BCUT2D eigenvalue weighted by molar-refractivity contribution is 4.78. The van der Waals surface area contributed by atoms with Gasteiger partial charge >= 0.3 is 0 Å². The van der Waals surface area contributed by atoms with Crippen LogP contribution in [0.15, 0.2) is 0 Å². The first kappa shape index (κ1) is 13.0. The minimum atomic E-state index is 0.634. The highest BCUT2D eigenvalue weighted by Crippen LogP contribution is 1.94. The number of rotatable bonds is 9. The van der Waals surface area contributed by atoms with Crippen molar-refractivity contribution in [1.29, 1.82) is 0 Å². The molecule has 0 radical (unpaired) electrons. The Morgan fingerprint density at radius 3 is 2.94 bits per heavy atom. The van der Waals surface area contributed by atoms with Crippen molar-refractivity contribution in [3.63, 3.8) is 0 Å². The van der Waals surface area contributed by atoms with Gasteiger partial charge in [-0.15, -0.1) is 5.10 Å². The number of nitrogens with one attached hydrogen (secondary N) is 1. The van der Waals surface area contributed by atoms with Gasteiger partial charge in [-0.25, -0.2) is 4.68 Å². The number of tetrazole rings is 1. The summed E-state index contributed by atoms with van der Waals surface area (Å²) in [7, 11) is 3.53. The summed E-state index contributed by atoms with van der Waals surface area (Å²) in [6, 6.07) is 0. The van der Waals surface area contributed by atoms with Crippen LogP contribution in [0.5, 0.6) is 0 Å². The van der Waals surface area contributed by atoms with E-state index >= 15 is 0 Å². The third-order valence-corrected chi connectivity index (χ3v) is 2.03. The van der Waals surface area contributed by atoms with Crippen LogP contribution in [0.1, 0.15) is 12.2 Å². The molecule has 0 aromatic carbocycles.